The Hall–Kier alpha value is -1.18. The first-order valence-electron chi connectivity index (χ1n) is 6.82. The van der Waals surface area contributed by atoms with E-state index in [2.05, 4.69) is 18.7 Å². The Morgan fingerprint density at radius 1 is 1.40 bits per heavy atom. The van der Waals surface area contributed by atoms with Crippen LogP contribution in [0.5, 0.6) is 0 Å². The Balaban J connectivity index is 2.14. The van der Waals surface area contributed by atoms with Crippen LogP contribution in [0, 0.1) is 0 Å². The van der Waals surface area contributed by atoms with Crippen molar-refractivity contribution in [3.05, 3.63) is 17.9 Å². The largest absolute Gasteiger partial charge is 0.440 e. The molecule has 2 heterocycles. The second-order valence-electron chi connectivity index (χ2n) is 4.80. The number of hydrogen-bond donors (Lipinski definition) is 0. The summed E-state index contributed by atoms with van der Waals surface area (Å²) in [7, 11) is -3.63. The maximum Gasteiger partial charge on any atom is 0.276 e. The molecule has 1 saturated heterocycles. The zero-order valence-electron chi connectivity index (χ0n) is 11.8. The van der Waals surface area contributed by atoms with Gasteiger partial charge in [0.15, 0.2) is 12.0 Å². The molecule has 0 aromatic carbocycles. The highest BCUT2D eigenvalue weighted by Gasteiger charge is 2.36. The van der Waals surface area contributed by atoms with Gasteiger partial charge in [-0.2, -0.15) is 4.31 Å². The summed E-state index contributed by atoms with van der Waals surface area (Å²) in [5, 5.41) is -0.153. The summed E-state index contributed by atoms with van der Waals surface area (Å²) >= 11 is 0. The van der Waals surface area contributed by atoms with Gasteiger partial charge in [-0.15, -0.1) is 0 Å². The first kappa shape index (κ1) is 15.2. The summed E-state index contributed by atoms with van der Waals surface area (Å²) in [5.74, 6) is 0.0306. The average molecular weight is 300 g/mol. The molecule has 0 amide bonds. The van der Waals surface area contributed by atoms with Crippen molar-refractivity contribution < 1.29 is 17.6 Å². The smallest absolute Gasteiger partial charge is 0.276 e. The number of aldehydes is 1. The fourth-order valence-electron chi connectivity index (χ4n) is 2.63. The Labute approximate surface area is 119 Å². The molecule has 6 nitrogen and oxygen atoms in total. The van der Waals surface area contributed by atoms with Crippen molar-refractivity contribution in [1.82, 2.24) is 9.21 Å². The minimum Gasteiger partial charge on any atom is -0.440 e. The third kappa shape index (κ3) is 2.79. The normalized spacial score (nSPS) is 20.6. The van der Waals surface area contributed by atoms with E-state index in [1.807, 2.05) is 0 Å². The van der Waals surface area contributed by atoms with Crippen LogP contribution in [0.4, 0.5) is 0 Å². The third-order valence-corrected chi connectivity index (χ3v) is 5.51. The maximum absolute atomic E-state index is 12.4. The van der Waals surface area contributed by atoms with Gasteiger partial charge in [0.25, 0.3) is 10.0 Å². The fraction of sp³-hybridized carbons (Fsp3) is 0.615. The van der Waals surface area contributed by atoms with Gasteiger partial charge in [0.1, 0.15) is 0 Å². The fourth-order valence-corrected chi connectivity index (χ4v) is 4.04. The Morgan fingerprint density at radius 3 is 2.65 bits per heavy atom. The lowest BCUT2D eigenvalue weighted by atomic mass is 10.2. The van der Waals surface area contributed by atoms with E-state index in [-0.39, 0.29) is 16.9 Å². The number of nitrogens with zero attached hydrogens (tertiary/aromatic N) is 2. The molecule has 112 valence electrons. The molecule has 1 fully saturated rings. The zero-order valence-corrected chi connectivity index (χ0v) is 12.6. The van der Waals surface area contributed by atoms with E-state index in [1.54, 1.807) is 0 Å². The lowest BCUT2D eigenvalue weighted by molar-refractivity contribution is 0.109. The molecule has 1 aliphatic heterocycles. The quantitative estimate of drug-likeness (QED) is 0.738. The standard InChI is InChI=1S/C13H20N2O4S/c1-3-14(4-2)11-7-8-15(9-11)20(17,18)13-6-5-12(10-16)19-13/h5-6,10-11H,3-4,7-9H2,1-2H3. The van der Waals surface area contributed by atoms with Gasteiger partial charge >= 0.3 is 0 Å². The molecule has 0 saturated carbocycles. The molecule has 20 heavy (non-hydrogen) atoms. The zero-order chi connectivity index (χ0) is 14.8. The lowest BCUT2D eigenvalue weighted by Crippen LogP contribution is -2.38. The van der Waals surface area contributed by atoms with E-state index < -0.39 is 10.0 Å². The van der Waals surface area contributed by atoms with Crippen LogP contribution in [0.25, 0.3) is 0 Å². The number of sulfonamides is 1. The van der Waals surface area contributed by atoms with Crippen LogP contribution < -0.4 is 0 Å². The van der Waals surface area contributed by atoms with Crippen molar-refractivity contribution in [3.63, 3.8) is 0 Å². The van der Waals surface area contributed by atoms with Crippen molar-refractivity contribution in [3.8, 4) is 0 Å². The van der Waals surface area contributed by atoms with E-state index in [9.17, 15) is 13.2 Å². The van der Waals surface area contributed by atoms with Crippen LogP contribution in [-0.4, -0.2) is 56.1 Å². The minimum absolute atomic E-state index is 0.0306. The van der Waals surface area contributed by atoms with E-state index in [0.29, 0.717) is 19.4 Å². The topological polar surface area (TPSA) is 70.8 Å². The average Bonchev–Trinajstić information content (AvgIpc) is 3.09. The van der Waals surface area contributed by atoms with Gasteiger partial charge in [0.05, 0.1) is 0 Å². The van der Waals surface area contributed by atoms with Gasteiger partial charge in [0.2, 0.25) is 5.09 Å². The highest BCUT2D eigenvalue weighted by Crippen LogP contribution is 2.24. The van der Waals surface area contributed by atoms with Gasteiger partial charge < -0.3 is 4.42 Å². The lowest BCUT2D eigenvalue weighted by Gasteiger charge is -2.25. The van der Waals surface area contributed by atoms with Crippen molar-refractivity contribution in [2.24, 2.45) is 0 Å². The van der Waals surface area contributed by atoms with E-state index in [1.165, 1.54) is 16.4 Å². The summed E-state index contributed by atoms with van der Waals surface area (Å²) in [6, 6.07) is 2.96. The summed E-state index contributed by atoms with van der Waals surface area (Å²) in [6.45, 7) is 6.92. The number of likely N-dealkylation sites (N-methyl/N-ethyl adjacent to an activating group) is 1. The first-order valence-corrected chi connectivity index (χ1v) is 8.26. The number of hydrogen-bond acceptors (Lipinski definition) is 5. The molecule has 0 spiro atoms. The number of carbonyl (C=O) groups is 1. The first-order chi connectivity index (χ1) is 9.52. The molecule has 0 N–H and O–H groups in total. The summed E-state index contributed by atoms with van der Waals surface area (Å²) < 4.78 is 31.3. The third-order valence-electron chi connectivity index (χ3n) is 3.77. The van der Waals surface area contributed by atoms with Crippen molar-refractivity contribution in [2.45, 2.75) is 31.4 Å². The van der Waals surface area contributed by atoms with Gasteiger partial charge in [-0.05, 0) is 31.6 Å². The molecule has 0 radical (unpaired) electrons. The van der Waals surface area contributed by atoms with E-state index in [0.717, 1.165) is 19.5 Å². The predicted octanol–water partition coefficient (Wildman–Crippen LogP) is 1.20. The molecule has 0 bridgehead atoms. The van der Waals surface area contributed by atoms with Gasteiger partial charge in [0, 0.05) is 19.1 Å². The minimum atomic E-state index is -3.63. The highest BCUT2D eigenvalue weighted by molar-refractivity contribution is 7.89. The molecule has 1 unspecified atom stereocenters. The summed E-state index contributed by atoms with van der Waals surface area (Å²) in [6.07, 6.45) is 1.32. The molecule has 0 aliphatic carbocycles. The van der Waals surface area contributed by atoms with Gasteiger partial charge in [-0.3, -0.25) is 9.69 Å². The van der Waals surface area contributed by atoms with Crippen molar-refractivity contribution in [1.29, 1.82) is 0 Å². The second-order valence-corrected chi connectivity index (χ2v) is 6.67. The number of furan rings is 1. The SMILES string of the molecule is CCN(CC)C1CCN(S(=O)(=O)c2ccc(C=O)o2)C1. The summed E-state index contributed by atoms with van der Waals surface area (Å²) in [4.78, 5) is 12.8. The van der Waals surface area contributed by atoms with Crippen LogP contribution >= 0.6 is 0 Å². The number of rotatable bonds is 6. The van der Waals surface area contributed by atoms with Crippen molar-refractivity contribution >= 4 is 16.3 Å². The highest BCUT2D eigenvalue weighted by atomic mass is 32.2. The molecule has 1 atom stereocenters. The Morgan fingerprint density at radius 2 is 2.10 bits per heavy atom. The second kappa shape index (κ2) is 6.07. The predicted molar refractivity (Wildman–Crippen MR) is 74.2 cm³/mol. The number of carbonyl (C=O) groups excluding carboxylic acids is 1. The van der Waals surface area contributed by atoms with Crippen LogP contribution in [0.15, 0.2) is 21.6 Å². The van der Waals surface area contributed by atoms with Crippen LogP contribution in [0.2, 0.25) is 0 Å². The molecule has 2 rings (SSSR count). The van der Waals surface area contributed by atoms with Crippen LogP contribution in [-0.2, 0) is 10.0 Å². The molecular weight excluding hydrogens is 280 g/mol. The molecule has 1 aromatic heterocycles. The molecule has 1 aromatic rings. The Bertz CT molecular complexity index is 563. The molecule has 1 aliphatic rings. The van der Waals surface area contributed by atoms with Gasteiger partial charge in [-0.25, -0.2) is 8.42 Å². The summed E-state index contributed by atoms with van der Waals surface area (Å²) in [5.41, 5.74) is 0. The monoisotopic (exact) mass is 300 g/mol. The van der Waals surface area contributed by atoms with Gasteiger partial charge in [-0.1, -0.05) is 13.8 Å². The maximum atomic E-state index is 12.4. The van der Waals surface area contributed by atoms with Crippen LogP contribution in [0.1, 0.15) is 30.8 Å². The molecule has 7 heteroatoms. The van der Waals surface area contributed by atoms with Crippen molar-refractivity contribution in [2.75, 3.05) is 26.2 Å². The van der Waals surface area contributed by atoms with E-state index >= 15 is 0 Å². The Kier molecular flexibility index (Phi) is 4.62. The molecular formula is C13H20N2O4S. The van der Waals surface area contributed by atoms with Crippen LogP contribution in [0.3, 0.4) is 0 Å². The van der Waals surface area contributed by atoms with E-state index in [4.69, 9.17) is 4.42 Å².